The lowest BCUT2D eigenvalue weighted by Crippen LogP contribution is -2.50. The molecule has 0 aliphatic carbocycles. The van der Waals surface area contributed by atoms with E-state index >= 15 is 0 Å². The van der Waals surface area contributed by atoms with E-state index in [0.717, 1.165) is 11.4 Å². The Bertz CT molecular complexity index is 552. The van der Waals surface area contributed by atoms with Crippen LogP contribution in [0.15, 0.2) is 24.3 Å². The SMILES string of the molecule is O=C(O)C1CCC(C(=O)N2CCOc3ccccc32)CN1. The van der Waals surface area contributed by atoms with Crippen LogP contribution in [0.1, 0.15) is 12.8 Å². The Morgan fingerprint density at radius 2 is 2.10 bits per heavy atom. The Morgan fingerprint density at radius 1 is 1.29 bits per heavy atom. The molecule has 2 atom stereocenters. The monoisotopic (exact) mass is 290 g/mol. The van der Waals surface area contributed by atoms with Crippen LogP contribution < -0.4 is 15.0 Å². The summed E-state index contributed by atoms with van der Waals surface area (Å²) in [5.41, 5.74) is 0.800. The smallest absolute Gasteiger partial charge is 0.320 e. The molecule has 0 bridgehead atoms. The van der Waals surface area contributed by atoms with Gasteiger partial charge >= 0.3 is 5.97 Å². The zero-order valence-electron chi connectivity index (χ0n) is 11.6. The number of piperidine rings is 1. The number of fused-ring (bicyclic) bond motifs is 1. The van der Waals surface area contributed by atoms with Gasteiger partial charge in [-0.1, -0.05) is 12.1 Å². The van der Waals surface area contributed by atoms with Gasteiger partial charge in [-0.25, -0.2) is 0 Å². The van der Waals surface area contributed by atoms with Crippen molar-refractivity contribution in [3.05, 3.63) is 24.3 Å². The zero-order chi connectivity index (χ0) is 14.8. The number of aliphatic carboxylic acids is 1. The van der Waals surface area contributed by atoms with E-state index in [-0.39, 0.29) is 11.8 Å². The molecular formula is C15H18N2O4. The van der Waals surface area contributed by atoms with E-state index in [2.05, 4.69) is 5.32 Å². The number of hydrogen-bond acceptors (Lipinski definition) is 4. The molecule has 0 aromatic heterocycles. The predicted molar refractivity (Wildman–Crippen MR) is 76.4 cm³/mol. The molecule has 2 heterocycles. The molecule has 2 aliphatic heterocycles. The van der Waals surface area contributed by atoms with Gasteiger partial charge in [0.1, 0.15) is 18.4 Å². The van der Waals surface area contributed by atoms with Gasteiger partial charge in [-0.15, -0.1) is 0 Å². The van der Waals surface area contributed by atoms with Crippen LogP contribution in [0, 0.1) is 5.92 Å². The summed E-state index contributed by atoms with van der Waals surface area (Å²) >= 11 is 0. The van der Waals surface area contributed by atoms with Crippen molar-refractivity contribution >= 4 is 17.6 Å². The van der Waals surface area contributed by atoms with Crippen LogP contribution in [-0.4, -0.2) is 42.7 Å². The molecule has 0 spiro atoms. The first-order chi connectivity index (χ1) is 10.2. The molecule has 21 heavy (non-hydrogen) atoms. The molecule has 3 rings (SSSR count). The summed E-state index contributed by atoms with van der Waals surface area (Å²) in [5.74, 6) is -0.254. The minimum Gasteiger partial charge on any atom is -0.490 e. The highest BCUT2D eigenvalue weighted by atomic mass is 16.5. The Hall–Kier alpha value is -2.08. The maximum Gasteiger partial charge on any atom is 0.320 e. The van der Waals surface area contributed by atoms with Crippen LogP contribution in [0.2, 0.25) is 0 Å². The molecule has 2 unspecified atom stereocenters. The van der Waals surface area contributed by atoms with Gasteiger partial charge in [-0.2, -0.15) is 0 Å². The standard InChI is InChI=1S/C15H18N2O4/c18-14(10-5-6-11(15(19)20)16-9-10)17-7-8-21-13-4-2-1-3-12(13)17/h1-4,10-11,16H,5-9H2,(H,19,20). The maximum absolute atomic E-state index is 12.7. The minimum absolute atomic E-state index is 0.0436. The number of rotatable bonds is 2. The maximum atomic E-state index is 12.7. The number of para-hydroxylation sites is 2. The lowest BCUT2D eigenvalue weighted by molar-refractivity contribution is -0.141. The topological polar surface area (TPSA) is 78.9 Å². The van der Waals surface area contributed by atoms with Crippen molar-refractivity contribution in [3.8, 4) is 5.75 Å². The molecule has 1 aromatic rings. The first kappa shape index (κ1) is 13.9. The van der Waals surface area contributed by atoms with Gasteiger partial charge in [0.15, 0.2) is 0 Å². The first-order valence-corrected chi connectivity index (χ1v) is 7.16. The quantitative estimate of drug-likeness (QED) is 0.845. The fraction of sp³-hybridized carbons (Fsp3) is 0.467. The number of carbonyl (C=O) groups excluding carboxylic acids is 1. The summed E-state index contributed by atoms with van der Waals surface area (Å²) in [7, 11) is 0. The van der Waals surface area contributed by atoms with Crippen LogP contribution in [0.3, 0.4) is 0 Å². The zero-order valence-corrected chi connectivity index (χ0v) is 11.6. The van der Waals surface area contributed by atoms with Crippen molar-refractivity contribution < 1.29 is 19.4 Å². The second-order valence-corrected chi connectivity index (χ2v) is 5.38. The van der Waals surface area contributed by atoms with Crippen LogP contribution in [-0.2, 0) is 9.59 Å². The van der Waals surface area contributed by atoms with E-state index in [9.17, 15) is 9.59 Å². The van der Waals surface area contributed by atoms with E-state index in [0.29, 0.717) is 32.5 Å². The molecule has 2 aliphatic rings. The van der Waals surface area contributed by atoms with E-state index in [1.807, 2.05) is 24.3 Å². The number of hydrogen-bond donors (Lipinski definition) is 2. The number of nitrogens with zero attached hydrogens (tertiary/aromatic N) is 1. The van der Waals surface area contributed by atoms with Crippen LogP contribution >= 0.6 is 0 Å². The fourth-order valence-electron chi connectivity index (χ4n) is 2.90. The van der Waals surface area contributed by atoms with E-state index in [4.69, 9.17) is 9.84 Å². The Balaban J connectivity index is 1.71. The molecular weight excluding hydrogens is 272 g/mol. The number of carboxylic acids is 1. The van der Waals surface area contributed by atoms with Gasteiger partial charge in [-0.05, 0) is 25.0 Å². The van der Waals surface area contributed by atoms with E-state index in [1.165, 1.54) is 0 Å². The average Bonchev–Trinajstić information content (AvgIpc) is 2.53. The van der Waals surface area contributed by atoms with Crippen molar-refractivity contribution in [2.75, 3.05) is 24.6 Å². The summed E-state index contributed by atoms with van der Waals surface area (Å²) in [6, 6.07) is 6.96. The Labute approximate surface area is 122 Å². The summed E-state index contributed by atoms with van der Waals surface area (Å²) in [6.07, 6.45) is 1.08. The fourth-order valence-corrected chi connectivity index (χ4v) is 2.90. The number of ether oxygens (including phenoxy) is 1. The average molecular weight is 290 g/mol. The van der Waals surface area contributed by atoms with Crippen molar-refractivity contribution in [1.82, 2.24) is 5.32 Å². The van der Waals surface area contributed by atoms with E-state index < -0.39 is 12.0 Å². The van der Waals surface area contributed by atoms with Crippen molar-refractivity contribution in [2.45, 2.75) is 18.9 Å². The lowest BCUT2D eigenvalue weighted by Gasteiger charge is -2.34. The highest BCUT2D eigenvalue weighted by Crippen LogP contribution is 2.32. The number of anilines is 1. The summed E-state index contributed by atoms with van der Waals surface area (Å²) in [5, 5.41) is 11.9. The van der Waals surface area contributed by atoms with Gasteiger partial charge in [0.05, 0.1) is 18.2 Å². The number of benzene rings is 1. The number of carboxylic acid groups (broad SMARTS) is 1. The third-order valence-corrected chi connectivity index (χ3v) is 4.06. The van der Waals surface area contributed by atoms with Gasteiger partial charge in [-0.3, -0.25) is 9.59 Å². The number of carbonyl (C=O) groups is 2. The Kier molecular flexibility index (Phi) is 3.79. The first-order valence-electron chi connectivity index (χ1n) is 7.16. The second-order valence-electron chi connectivity index (χ2n) is 5.38. The van der Waals surface area contributed by atoms with Crippen molar-refractivity contribution in [1.29, 1.82) is 0 Å². The molecule has 112 valence electrons. The Morgan fingerprint density at radius 3 is 2.81 bits per heavy atom. The van der Waals surface area contributed by atoms with Crippen molar-refractivity contribution in [2.24, 2.45) is 5.92 Å². The second kappa shape index (κ2) is 5.73. The van der Waals surface area contributed by atoms with Gasteiger partial charge in [0, 0.05) is 6.54 Å². The highest BCUT2D eigenvalue weighted by molar-refractivity contribution is 5.97. The molecule has 6 nitrogen and oxygen atoms in total. The number of nitrogens with one attached hydrogen (secondary N) is 1. The minimum atomic E-state index is -0.849. The third kappa shape index (κ3) is 2.71. The molecule has 0 radical (unpaired) electrons. The normalized spacial score (nSPS) is 24.9. The molecule has 1 saturated heterocycles. The van der Waals surface area contributed by atoms with Crippen molar-refractivity contribution in [3.63, 3.8) is 0 Å². The number of amides is 1. The van der Waals surface area contributed by atoms with E-state index in [1.54, 1.807) is 4.90 Å². The third-order valence-electron chi connectivity index (χ3n) is 4.06. The molecule has 6 heteroatoms. The van der Waals surface area contributed by atoms with Gasteiger partial charge in [0.25, 0.3) is 0 Å². The summed E-state index contributed by atoms with van der Waals surface area (Å²) in [4.78, 5) is 25.4. The van der Waals surface area contributed by atoms with Crippen LogP contribution in [0.25, 0.3) is 0 Å². The molecule has 2 N–H and O–H groups in total. The van der Waals surface area contributed by atoms with Gasteiger partial charge < -0.3 is 20.1 Å². The molecule has 0 saturated carbocycles. The highest BCUT2D eigenvalue weighted by Gasteiger charge is 2.33. The summed E-state index contributed by atoms with van der Waals surface area (Å²) < 4.78 is 5.55. The van der Waals surface area contributed by atoms with Crippen LogP contribution in [0.5, 0.6) is 5.75 Å². The summed E-state index contributed by atoms with van der Waals surface area (Å²) in [6.45, 7) is 1.44. The predicted octanol–water partition coefficient (Wildman–Crippen LogP) is 0.865. The largest absolute Gasteiger partial charge is 0.490 e. The lowest BCUT2D eigenvalue weighted by atomic mass is 9.93. The molecule has 1 aromatic carbocycles. The van der Waals surface area contributed by atoms with Crippen LogP contribution in [0.4, 0.5) is 5.69 Å². The molecule has 1 amide bonds. The van der Waals surface area contributed by atoms with Gasteiger partial charge in [0.2, 0.25) is 5.91 Å². The molecule has 1 fully saturated rings.